The van der Waals surface area contributed by atoms with Crippen molar-refractivity contribution in [1.29, 1.82) is 0 Å². The number of hydrogen-bond acceptors (Lipinski definition) is 3. The summed E-state index contributed by atoms with van der Waals surface area (Å²) in [5.41, 5.74) is 0.867. The minimum Gasteiger partial charge on any atom is -0.490 e. The molecule has 5 heteroatoms. The van der Waals surface area contributed by atoms with Gasteiger partial charge in [0.05, 0.1) is 18.0 Å². The molecule has 0 N–H and O–H groups in total. The quantitative estimate of drug-likeness (QED) is 0.770. The highest BCUT2D eigenvalue weighted by molar-refractivity contribution is 9.10. The predicted octanol–water partition coefficient (Wildman–Crippen LogP) is 3.37. The van der Waals surface area contributed by atoms with Gasteiger partial charge >= 0.3 is 0 Å². The Bertz CT molecular complexity index is 478. The minimum absolute atomic E-state index is 0.0849. The number of piperidine rings is 1. The van der Waals surface area contributed by atoms with Crippen LogP contribution in [-0.2, 0) is 4.79 Å². The molecule has 1 aliphatic heterocycles. The Labute approximate surface area is 128 Å². The molecule has 0 radical (unpaired) electrons. The van der Waals surface area contributed by atoms with Gasteiger partial charge in [0.25, 0.3) is 0 Å². The summed E-state index contributed by atoms with van der Waals surface area (Å²) in [5.74, 6) is 1.53. The number of carbonyl (C=O) groups excluding carboxylic acids is 1. The van der Waals surface area contributed by atoms with Gasteiger partial charge in [-0.15, -0.1) is 0 Å². The summed E-state index contributed by atoms with van der Waals surface area (Å²) >= 11 is 3.43. The molecule has 0 spiro atoms. The monoisotopic (exact) mass is 341 g/mol. The summed E-state index contributed by atoms with van der Waals surface area (Å²) in [6.45, 7) is 5.78. The van der Waals surface area contributed by atoms with E-state index in [1.165, 1.54) is 0 Å². The van der Waals surface area contributed by atoms with Gasteiger partial charge in [0.15, 0.2) is 11.5 Å². The number of rotatable bonds is 5. The van der Waals surface area contributed by atoms with Crippen LogP contribution in [0.4, 0.5) is 5.69 Å². The fourth-order valence-corrected chi connectivity index (χ4v) is 2.87. The smallest absolute Gasteiger partial charge is 0.240 e. The highest BCUT2D eigenvalue weighted by Crippen LogP contribution is 2.34. The molecular formula is C15H20BrNO3. The van der Waals surface area contributed by atoms with Crippen molar-refractivity contribution in [3.63, 3.8) is 0 Å². The standard InChI is InChI=1S/C15H20BrNO3/c1-3-19-13-8-7-11(10-14(13)20-4-2)17-9-5-6-12(16)15(17)18/h7-8,10,12H,3-6,9H2,1-2H3. The van der Waals surface area contributed by atoms with Crippen LogP contribution in [0, 0.1) is 0 Å². The molecule has 2 rings (SSSR count). The molecule has 1 heterocycles. The van der Waals surface area contributed by atoms with E-state index in [0.717, 1.165) is 30.8 Å². The zero-order valence-corrected chi connectivity index (χ0v) is 13.5. The topological polar surface area (TPSA) is 38.8 Å². The third-order valence-electron chi connectivity index (χ3n) is 3.21. The number of benzene rings is 1. The van der Waals surface area contributed by atoms with Gasteiger partial charge in [-0.05, 0) is 38.8 Å². The molecule has 0 aliphatic carbocycles. The second-order valence-electron chi connectivity index (χ2n) is 4.60. The van der Waals surface area contributed by atoms with Crippen LogP contribution in [0.15, 0.2) is 18.2 Å². The Balaban J connectivity index is 2.27. The van der Waals surface area contributed by atoms with Crippen LogP contribution in [0.3, 0.4) is 0 Å². The maximum absolute atomic E-state index is 12.2. The van der Waals surface area contributed by atoms with Crippen LogP contribution >= 0.6 is 15.9 Å². The van der Waals surface area contributed by atoms with Crippen molar-refractivity contribution in [2.45, 2.75) is 31.5 Å². The normalized spacial score (nSPS) is 19.1. The van der Waals surface area contributed by atoms with E-state index in [1.807, 2.05) is 32.0 Å². The first-order valence-corrected chi connectivity index (χ1v) is 7.94. The fourth-order valence-electron chi connectivity index (χ4n) is 2.30. The van der Waals surface area contributed by atoms with Crippen molar-refractivity contribution >= 4 is 27.5 Å². The van der Waals surface area contributed by atoms with E-state index >= 15 is 0 Å². The third kappa shape index (κ3) is 3.26. The zero-order valence-electron chi connectivity index (χ0n) is 11.9. The van der Waals surface area contributed by atoms with E-state index in [0.29, 0.717) is 19.0 Å². The van der Waals surface area contributed by atoms with Crippen molar-refractivity contribution in [3.05, 3.63) is 18.2 Å². The molecule has 0 saturated carbocycles. The van der Waals surface area contributed by atoms with E-state index in [9.17, 15) is 4.79 Å². The second-order valence-corrected chi connectivity index (χ2v) is 5.70. The lowest BCUT2D eigenvalue weighted by Gasteiger charge is -2.30. The Hall–Kier alpha value is -1.23. The van der Waals surface area contributed by atoms with Crippen molar-refractivity contribution in [2.24, 2.45) is 0 Å². The number of amides is 1. The molecule has 4 nitrogen and oxygen atoms in total. The SMILES string of the molecule is CCOc1ccc(N2CCCC(Br)C2=O)cc1OCC. The van der Waals surface area contributed by atoms with Gasteiger partial charge in [-0.1, -0.05) is 15.9 Å². The lowest BCUT2D eigenvalue weighted by molar-refractivity contribution is -0.118. The summed E-state index contributed by atoms with van der Waals surface area (Å²) in [4.78, 5) is 13.9. The average molecular weight is 342 g/mol. The molecule has 110 valence electrons. The first-order chi connectivity index (χ1) is 9.67. The molecule has 1 aliphatic rings. The lowest BCUT2D eigenvalue weighted by atomic mass is 10.1. The number of nitrogens with zero attached hydrogens (tertiary/aromatic N) is 1. The molecule has 1 saturated heterocycles. The van der Waals surface area contributed by atoms with Crippen molar-refractivity contribution in [1.82, 2.24) is 0 Å². The maximum Gasteiger partial charge on any atom is 0.240 e. The van der Waals surface area contributed by atoms with Crippen LogP contribution in [0.1, 0.15) is 26.7 Å². The Morgan fingerprint density at radius 1 is 1.25 bits per heavy atom. The summed E-state index contributed by atoms with van der Waals surface area (Å²) in [7, 11) is 0. The van der Waals surface area contributed by atoms with E-state index in [4.69, 9.17) is 9.47 Å². The van der Waals surface area contributed by atoms with Crippen LogP contribution in [-0.4, -0.2) is 30.5 Å². The molecular weight excluding hydrogens is 322 g/mol. The summed E-state index contributed by atoms with van der Waals surface area (Å²) in [6, 6.07) is 5.67. The molecule has 1 atom stereocenters. The fraction of sp³-hybridized carbons (Fsp3) is 0.533. The highest BCUT2D eigenvalue weighted by Gasteiger charge is 2.28. The second kappa shape index (κ2) is 6.97. The van der Waals surface area contributed by atoms with Gasteiger partial charge < -0.3 is 14.4 Å². The first kappa shape index (κ1) is 15.2. The first-order valence-electron chi connectivity index (χ1n) is 7.02. The van der Waals surface area contributed by atoms with E-state index in [2.05, 4.69) is 15.9 Å². The number of carbonyl (C=O) groups is 1. The molecule has 20 heavy (non-hydrogen) atoms. The van der Waals surface area contributed by atoms with E-state index < -0.39 is 0 Å². The number of halogens is 1. The van der Waals surface area contributed by atoms with E-state index in [-0.39, 0.29) is 10.7 Å². The third-order valence-corrected chi connectivity index (χ3v) is 4.06. The Morgan fingerprint density at radius 3 is 2.65 bits per heavy atom. The van der Waals surface area contributed by atoms with E-state index in [1.54, 1.807) is 4.90 Å². The number of alkyl halides is 1. The van der Waals surface area contributed by atoms with Crippen LogP contribution in [0.5, 0.6) is 11.5 Å². The minimum atomic E-state index is -0.0849. The molecule has 1 aromatic carbocycles. The summed E-state index contributed by atoms with van der Waals surface area (Å²) in [5, 5.41) is 0. The lowest BCUT2D eigenvalue weighted by Crippen LogP contribution is -2.41. The van der Waals surface area contributed by atoms with Crippen LogP contribution in [0.25, 0.3) is 0 Å². The Kier molecular flexibility index (Phi) is 5.29. The van der Waals surface area contributed by atoms with Crippen molar-refractivity contribution in [2.75, 3.05) is 24.7 Å². The van der Waals surface area contributed by atoms with Crippen molar-refractivity contribution in [3.8, 4) is 11.5 Å². The predicted molar refractivity (Wildman–Crippen MR) is 83.1 cm³/mol. The van der Waals surface area contributed by atoms with Gasteiger partial charge in [-0.2, -0.15) is 0 Å². The maximum atomic E-state index is 12.2. The van der Waals surface area contributed by atoms with Crippen LogP contribution in [0.2, 0.25) is 0 Å². The van der Waals surface area contributed by atoms with Crippen LogP contribution < -0.4 is 14.4 Å². The number of anilines is 1. The summed E-state index contributed by atoms with van der Waals surface area (Å²) in [6.07, 6.45) is 1.89. The van der Waals surface area contributed by atoms with Gasteiger partial charge in [0, 0.05) is 18.3 Å². The van der Waals surface area contributed by atoms with Crippen molar-refractivity contribution < 1.29 is 14.3 Å². The average Bonchev–Trinajstić information content (AvgIpc) is 2.44. The van der Waals surface area contributed by atoms with Gasteiger partial charge in [0.2, 0.25) is 5.91 Å². The number of ether oxygens (including phenoxy) is 2. The molecule has 0 aromatic heterocycles. The molecule has 1 unspecified atom stereocenters. The largest absolute Gasteiger partial charge is 0.490 e. The van der Waals surface area contributed by atoms with Gasteiger partial charge in [-0.3, -0.25) is 4.79 Å². The summed E-state index contributed by atoms with van der Waals surface area (Å²) < 4.78 is 11.2. The zero-order chi connectivity index (χ0) is 14.5. The number of hydrogen-bond donors (Lipinski definition) is 0. The van der Waals surface area contributed by atoms with Gasteiger partial charge in [-0.25, -0.2) is 0 Å². The van der Waals surface area contributed by atoms with Gasteiger partial charge in [0.1, 0.15) is 0 Å². The Morgan fingerprint density at radius 2 is 1.95 bits per heavy atom. The molecule has 1 fully saturated rings. The molecule has 0 bridgehead atoms. The highest BCUT2D eigenvalue weighted by atomic mass is 79.9. The molecule has 1 amide bonds. The molecule has 1 aromatic rings.